The van der Waals surface area contributed by atoms with Gasteiger partial charge in [-0.05, 0) is 12.8 Å². The summed E-state index contributed by atoms with van der Waals surface area (Å²) in [5.41, 5.74) is 0. The largest absolute Gasteiger partial charge is 0.479 e. The number of alkyl halides is 1. The normalized spacial score (nSPS) is 12.6. The van der Waals surface area contributed by atoms with Crippen LogP contribution in [0.3, 0.4) is 0 Å². The highest BCUT2D eigenvalue weighted by atomic mass is 19.1. The van der Waals surface area contributed by atoms with Gasteiger partial charge in [-0.2, -0.15) is 0 Å². The van der Waals surface area contributed by atoms with Gasteiger partial charge in [0.2, 0.25) is 0 Å². The van der Waals surface area contributed by atoms with Gasteiger partial charge in [-0.15, -0.1) is 6.58 Å². The molecule has 3 heteroatoms. The molecule has 0 heterocycles. The van der Waals surface area contributed by atoms with Gasteiger partial charge >= 0.3 is 5.97 Å². The molecule has 0 saturated heterocycles. The van der Waals surface area contributed by atoms with E-state index in [4.69, 9.17) is 5.11 Å². The molecule has 0 amide bonds. The highest BCUT2D eigenvalue weighted by Crippen LogP contribution is 2.01. The van der Waals surface area contributed by atoms with Crippen molar-refractivity contribution in [1.82, 2.24) is 0 Å². The van der Waals surface area contributed by atoms with E-state index in [1.54, 1.807) is 0 Å². The Hall–Kier alpha value is -0.860. The summed E-state index contributed by atoms with van der Waals surface area (Å²) in [5, 5.41) is 8.00. The zero-order chi connectivity index (χ0) is 7.28. The van der Waals surface area contributed by atoms with E-state index in [0.717, 1.165) is 0 Å². The van der Waals surface area contributed by atoms with Crippen LogP contribution in [-0.2, 0) is 4.79 Å². The second-order valence-electron chi connectivity index (χ2n) is 1.67. The average molecular weight is 132 g/mol. The highest BCUT2D eigenvalue weighted by molar-refractivity contribution is 5.71. The van der Waals surface area contributed by atoms with Crippen molar-refractivity contribution < 1.29 is 14.3 Å². The topological polar surface area (TPSA) is 37.3 Å². The molecule has 0 saturated carbocycles. The Bertz CT molecular complexity index is 112. The van der Waals surface area contributed by atoms with Crippen molar-refractivity contribution in [3.8, 4) is 0 Å². The third kappa shape index (κ3) is 3.70. The summed E-state index contributed by atoms with van der Waals surface area (Å²) in [5.74, 6) is -1.39. The maximum atomic E-state index is 12.1. The van der Waals surface area contributed by atoms with Crippen LogP contribution < -0.4 is 0 Å². The lowest BCUT2D eigenvalue weighted by molar-refractivity contribution is -0.142. The quantitative estimate of drug-likeness (QED) is 0.586. The van der Waals surface area contributed by atoms with E-state index in [1.807, 2.05) is 0 Å². The van der Waals surface area contributed by atoms with Gasteiger partial charge in [-0.25, -0.2) is 9.18 Å². The smallest absolute Gasteiger partial charge is 0.338 e. The monoisotopic (exact) mass is 132 g/mol. The summed E-state index contributed by atoms with van der Waals surface area (Å²) in [6, 6.07) is 0. The first-order valence-electron chi connectivity index (χ1n) is 2.66. The molecule has 0 aromatic heterocycles. The molecule has 0 aliphatic heterocycles. The van der Waals surface area contributed by atoms with Gasteiger partial charge in [0.15, 0.2) is 6.17 Å². The standard InChI is InChI=1S/C6H9FO2/c1-2-3-4-5(7)6(8)9/h2,5H,1,3-4H2,(H,8,9)/t5-/m1/s1. The van der Waals surface area contributed by atoms with Crippen LogP contribution in [0, 0.1) is 0 Å². The minimum Gasteiger partial charge on any atom is -0.479 e. The minimum absolute atomic E-state index is 0.0266. The molecule has 2 nitrogen and oxygen atoms in total. The molecular formula is C6H9FO2. The Kier molecular flexibility index (Phi) is 3.67. The van der Waals surface area contributed by atoms with Crippen molar-refractivity contribution in [2.75, 3.05) is 0 Å². The Labute approximate surface area is 53.0 Å². The molecular weight excluding hydrogens is 123 g/mol. The number of halogens is 1. The predicted molar refractivity (Wildman–Crippen MR) is 32.0 cm³/mol. The molecule has 0 radical (unpaired) electrons. The van der Waals surface area contributed by atoms with Crippen LogP contribution in [0.2, 0.25) is 0 Å². The second-order valence-corrected chi connectivity index (χ2v) is 1.67. The number of allylic oxidation sites excluding steroid dienone is 1. The van der Waals surface area contributed by atoms with Crippen molar-refractivity contribution in [1.29, 1.82) is 0 Å². The lowest BCUT2D eigenvalue weighted by Gasteiger charge is -1.96. The summed E-state index contributed by atoms with van der Waals surface area (Å²) in [6.07, 6.45) is 0.199. The molecule has 1 N–H and O–H groups in total. The Morgan fingerprint density at radius 3 is 2.78 bits per heavy atom. The molecule has 52 valence electrons. The molecule has 9 heavy (non-hydrogen) atoms. The summed E-state index contributed by atoms with van der Waals surface area (Å²) in [7, 11) is 0. The zero-order valence-corrected chi connectivity index (χ0v) is 5.01. The number of rotatable bonds is 4. The first-order chi connectivity index (χ1) is 4.18. The number of carboxylic acid groups (broad SMARTS) is 1. The summed E-state index contributed by atoms with van der Waals surface area (Å²) >= 11 is 0. The Balaban J connectivity index is 3.37. The minimum atomic E-state index is -1.73. The van der Waals surface area contributed by atoms with Gasteiger partial charge in [-0.1, -0.05) is 6.08 Å². The molecule has 0 aliphatic rings. The van der Waals surface area contributed by atoms with Crippen LogP contribution >= 0.6 is 0 Å². The third-order valence-electron chi connectivity index (χ3n) is 0.892. The second kappa shape index (κ2) is 4.06. The first-order valence-corrected chi connectivity index (χ1v) is 2.66. The van der Waals surface area contributed by atoms with E-state index in [9.17, 15) is 9.18 Å². The van der Waals surface area contributed by atoms with Gasteiger partial charge in [0, 0.05) is 0 Å². The maximum Gasteiger partial charge on any atom is 0.338 e. The predicted octanol–water partition coefficient (Wildman–Crippen LogP) is 1.38. The molecule has 0 unspecified atom stereocenters. The Morgan fingerprint density at radius 1 is 1.89 bits per heavy atom. The summed E-state index contributed by atoms with van der Waals surface area (Å²) in [6.45, 7) is 3.33. The lowest BCUT2D eigenvalue weighted by Crippen LogP contribution is -2.13. The first kappa shape index (κ1) is 8.14. The number of hydrogen-bond acceptors (Lipinski definition) is 1. The fourth-order valence-electron chi connectivity index (χ4n) is 0.388. The molecule has 0 aromatic rings. The van der Waals surface area contributed by atoms with Crippen LogP contribution in [0.1, 0.15) is 12.8 Å². The van der Waals surface area contributed by atoms with Crippen molar-refractivity contribution >= 4 is 5.97 Å². The molecule has 1 atom stereocenters. The van der Waals surface area contributed by atoms with Crippen LogP contribution in [0.15, 0.2) is 12.7 Å². The average Bonchev–Trinajstić information content (AvgIpc) is 1.82. The van der Waals surface area contributed by atoms with Gasteiger partial charge in [0.05, 0.1) is 0 Å². The number of carboxylic acids is 1. The Morgan fingerprint density at radius 2 is 2.44 bits per heavy atom. The van der Waals surface area contributed by atoms with Gasteiger partial charge in [-0.3, -0.25) is 0 Å². The van der Waals surface area contributed by atoms with E-state index in [-0.39, 0.29) is 6.42 Å². The highest BCUT2D eigenvalue weighted by Gasteiger charge is 2.12. The van der Waals surface area contributed by atoms with Crippen LogP contribution in [0.4, 0.5) is 4.39 Å². The fraction of sp³-hybridized carbons (Fsp3) is 0.500. The van der Waals surface area contributed by atoms with Crippen LogP contribution in [-0.4, -0.2) is 17.2 Å². The number of aliphatic carboxylic acids is 1. The van der Waals surface area contributed by atoms with E-state index in [1.165, 1.54) is 6.08 Å². The van der Waals surface area contributed by atoms with E-state index in [0.29, 0.717) is 6.42 Å². The number of carbonyl (C=O) groups is 1. The van der Waals surface area contributed by atoms with E-state index < -0.39 is 12.1 Å². The van der Waals surface area contributed by atoms with E-state index >= 15 is 0 Å². The fourth-order valence-corrected chi connectivity index (χ4v) is 0.388. The van der Waals surface area contributed by atoms with Gasteiger partial charge in [0.25, 0.3) is 0 Å². The lowest BCUT2D eigenvalue weighted by atomic mass is 10.2. The van der Waals surface area contributed by atoms with Crippen LogP contribution in [0.5, 0.6) is 0 Å². The number of hydrogen-bond donors (Lipinski definition) is 1. The van der Waals surface area contributed by atoms with Crippen molar-refractivity contribution in [3.63, 3.8) is 0 Å². The SMILES string of the molecule is C=CCC[C@@H](F)C(=O)O. The molecule has 0 aliphatic carbocycles. The summed E-state index contributed by atoms with van der Waals surface area (Å²) in [4.78, 5) is 9.80. The molecule has 0 rings (SSSR count). The van der Waals surface area contributed by atoms with Crippen molar-refractivity contribution in [3.05, 3.63) is 12.7 Å². The molecule has 0 bridgehead atoms. The van der Waals surface area contributed by atoms with Gasteiger partial charge < -0.3 is 5.11 Å². The van der Waals surface area contributed by atoms with Gasteiger partial charge in [0.1, 0.15) is 0 Å². The van der Waals surface area contributed by atoms with E-state index in [2.05, 4.69) is 6.58 Å². The third-order valence-corrected chi connectivity index (χ3v) is 0.892. The van der Waals surface area contributed by atoms with Crippen molar-refractivity contribution in [2.24, 2.45) is 0 Å². The maximum absolute atomic E-state index is 12.1. The summed E-state index contributed by atoms with van der Waals surface area (Å²) < 4.78 is 12.1. The molecule has 0 aromatic carbocycles. The molecule has 0 spiro atoms. The molecule has 0 fully saturated rings. The zero-order valence-electron chi connectivity index (χ0n) is 5.01. The van der Waals surface area contributed by atoms with Crippen LogP contribution in [0.25, 0.3) is 0 Å². The van der Waals surface area contributed by atoms with Crippen molar-refractivity contribution in [2.45, 2.75) is 19.0 Å².